The molecule has 2 aromatic heterocycles. The average Bonchev–Trinajstić information content (AvgIpc) is 3.22. The SMILES string of the molecule is CNC(=O)NC(=O)COC(=O)/C=C/c1cc(C)n(Cc2ccco2)c1C. The zero-order valence-electron chi connectivity index (χ0n) is 14.9. The fourth-order valence-corrected chi connectivity index (χ4v) is 2.37. The monoisotopic (exact) mass is 359 g/mol. The number of ether oxygens (including phenoxy) is 1. The number of amides is 3. The predicted molar refractivity (Wildman–Crippen MR) is 94.3 cm³/mol. The molecule has 2 aromatic rings. The Balaban J connectivity index is 1.94. The first-order chi connectivity index (χ1) is 12.4. The highest BCUT2D eigenvalue weighted by Gasteiger charge is 2.10. The summed E-state index contributed by atoms with van der Waals surface area (Å²) < 4.78 is 12.2. The summed E-state index contributed by atoms with van der Waals surface area (Å²) in [5.41, 5.74) is 2.86. The highest BCUT2D eigenvalue weighted by molar-refractivity contribution is 5.96. The van der Waals surface area contributed by atoms with E-state index in [1.54, 1.807) is 12.3 Å². The number of carbonyl (C=O) groups excluding carboxylic acids is 3. The van der Waals surface area contributed by atoms with Crippen molar-refractivity contribution in [1.29, 1.82) is 0 Å². The van der Waals surface area contributed by atoms with Crippen LogP contribution in [0, 0.1) is 13.8 Å². The lowest BCUT2D eigenvalue weighted by atomic mass is 10.2. The Morgan fingerprint density at radius 1 is 1.31 bits per heavy atom. The molecule has 0 saturated carbocycles. The van der Waals surface area contributed by atoms with Gasteiger partial charge in [0.05, 0.1) is 12.8 Å². The molecule has 8 heteroatoms. The summed E-state index contributed by atoms with van der Waals surface area (Å²) in [6, 6.07) is 5.02. The van der Waals surface area contributed by atoms with Gasteiger partial charge in [-0.2, -0.15) is 0 Å². The van der Waals surface area contributed by atoms with Crippen molar-refractivity contribution in [3.05, 3.63) is 53.2 Å². The van der Waals surface area contributed by atoms with Gasteiger partial charge in [0, 0.05) is 24.5 Å². The second-order valence-electron chi connectivity index (χ2n) is 5.56. The van der Waals surface area contributed by atoms with Gasteiger partial charge < -0.3 is 19.0 Å². The molecule has 0 aliphatic carbocycles. The maximum Gasteiger partial charge on any atom is 0.331 e. The molecule has 3 amide bonds. The number of furan rings is 1. The van der Waals surface area contributed by atoms with Crippen molar-refractivity contribution in [3.63, 3.8) is 0 Å². The van der Waals surface area contributed by atoms with Gasteiger partial charge in [0.15, 0.2) is 6.61 Å². The first-order valence-corrected chi connectivity index (χ1v) is 7.96. The second-order valence-corrected chi connectivity index (χ2v) is 5.56. The summed E-state index contributed by atoms with van der Waals surface area (Å²) in [6.45, 7) is 3.98. The minimum atomic E-state index is -0.706. The summed E-state index contributed by atoms with van der Waals surface area (Å²) in [6.07, 6.45) is 4.49. The van der Waals surface area contributed by atoms with Crippen molar-refractivity contribution in [3.8, 4) is 0 Å². The van der Waals surface area contributed by atoms with Crippen molar-refractivity contribution >= 4 is 24.0 Å². The topological polar surface area (TPSA) is 103 Å². The minimum absolute atomic E-state index is 0.534. The first-order valence-electron chi connectivity index (χ1n) is 7.96. The Morgan fingerprint density at radius 3 is 2.73 bits per heavy atom. The maximum atomic E-state index is 11.7. The van der Waals surface area contributed by atoms with Gasteiger partial charge in [0.25, 0.3) is 5.91 Å². The van der Waals surface area contributed by atoms with E-state index in [0.717, 1.165) is 22.7 Å². The van der Waals surface area contributed by atoms with Crippen LogP contribution in [0.2, 0.25) is 0 Å². The molecule has 0 spiro atoms. The molecule has 0 saturated heterocycles. The molecule has 0 fully saturated rings. The molecule has 0 aliphatic heterocycles. The molecule has 138 valence electrons. The molecule has 0 aromatic carbocycles. The summed E-state index contributed by atoms with van der Waals surface area (Å²) in [5.74, 6) is -0.542. The summed E-state index contributed by atoms with van der Waals surface area (Å²) in [7, 11) is 1.37. The van der Waals surface area contributed by atoms with Crippen LogP contribution >= 0.6 is 0 Å². The van der Waals surface area contributed by atoms with Gasteiger partial charge in [-0.05, 0) is 43.7 Å². The van der Waals surface area contributed by atoms with Crippen LogP contribution in [-0.2, 0) is 20.9 Å². The van der Waals surface area contributed by atoms with Gasteiger partial charge in [-0.3, -0.25) is 10.1 Å². The highest BCUT2D eigenvalue weighted by atomic mass is 16.5. The second kappa shape index (κ2) is 8.70. The highest BCUT2D eigenvalue weighted by Crippen LogP contribution is 2.18. The van der Waals surface area contributed by atoms with Crippen molar-refractivity contribution in [2.24, 2.45) is 0 Å². The van der Waals surface area contributed by atoms with E-state index in [9.17, 15) is 14.4 Å². The molecule has 0 atom stereocenters. The molecule has 2 rings (SSSR count). The third kappa shape index (κ3) is 5.10. The van der Waals surface area contributed by atoms with Gasteiger partial charge in [0.1, 0.15) is 5.76 Å². The van der Waals surface area contributed by atoms with Gasteiger partial charge >= 0.3 is 12.0 Å². The van der Waals surface area contributed by atoms with Crippen molar-refractivity contribution in [2.75, 3.05) is 13.7 Å². The number of rotatable bonds is 6. The molecule has 2 heterocycles. The summed E-state index contributed by atoms with van der Waals surface area (Å²) in [5, 5.41) is 4.22. The Kier molecular flexibility index (Phi) is 6.37. The van der Waals surface area contributed by atoms with Crippen LogP contribution in [0.3, 0.4) is 0 Å². The quantitative estimate of drug-likeness (QED) is 0.604. The lowest BCUT2D eigenvalue weighted by Crippen LogP contribution is -2.39. The lowest BCUT2D eigenvalue weighted by molar-refractivity contribution is -0.143. The van der Waals surface area contributed by atoms with E-state index in [4.69, 9.17) is 9.15 Å². The molecule has 0 unspecified atom stereocenters. The number of hydrogen-bond donors (Lipinski definition) is 2. The van der Waals surface area contributed by atoms with E-state index < -0.39 is 24.5 Å². The Labute approximate surface area is 150 Å². The maximum absolute atomic E-state index is 11.7. The van der Waals surface area contributed by atoms with E-state index in [-0.39, 0.29) is 0 Å². The number of imide groups is 1. The molecule has 26 heavy (non-hydrogen) atoms. The molecular weight excluding hydrogens is 338 g/mol. The standard InChI is InChI=1S/C18H21N3O5/c1-12-9-14(13(2)21(12)10-15-5-4-8-25-15)6-7-17(23)26-11-16(22)20-18(24)19-3/h4-9H,10-11H2,1-3H3,(H2,19,20,22,24)/b7-6+. The number of urea groups is 1. The fourth-order valence-electron chi connectivity index (χ4n) is 2.37. The molecule has 0 bridgehead atoms. The Hall–Kier alpha value is -3.29. The number of aryl methyl sites for hydroxylation is 1. The lowest BCUT2D eigenvalue weighted by Gasteiger charge is -2.07. The zero-order valence-corrected chi connectivity index (χ0v) is 14.9. The Bertz CT molecular complexity index is 818. The van der Waals surface area contributed by atoms with E-state index in [1.807, 2.05) is 37.4 Å². The van der Waals surface area contributed by atoms with Crippen molar-refractivity contribution < 1.29 is 23.5 Å². The van der Waals surface area contributed by atoms with Crippen LogP contribution in [0.5, 0.6) is 0 Å². The molecule has 0 aliphatic rings. The van der Waals surface area contributed by atoms with E-state index in [0.29, 0.717) is 6.54 Å². The van der Waals surface area contributed by atoms with Gasteiger partial charge in [0.2, 0.25) is 0 Å². The molecule has 8 nitrogen and oxygen atoms in total. The molecule has 0 radical (unpaired) electrons. The largest absolute Gasteiger partial charge is 0.467 e. The molecule has 2 N–H and O–H groups in total. The Morgan fingerprint density at radius 2 is 2.08 bits per heavy atom. The smallest absolute Gasteiger partial charge is 0.331 e. The third-order valence-electron chi connectivity index (χ3n) is 3.73. The number of carbonyl (C=O) groups is 3. The zero-order chi connectivity index (χ0) is 19.1. The van der Waals surface area contributed by atoms with Crippen molar-refractivity contribution in [2.45, 2.75) is 20.4 Å². The van der Waals surface area contributed by atoms with Gasteiger partial charge in [-0.15, -0.1) is 0 Å². The van der Waals surface area contributed by atoms with Gasteiger partial charge in [-0.1, -0.05) is 0 Å². The van der Waals surface area contributed by atoms with Crippen LogP contribution in [0.1, 0.15) is 22.7 Å². The third-order valence-corrected chi connectivity index (χ3v) is 3.73. The predicted octanol–water partition coefficient (Wildman–Crippen LogP) is 1.76. The van der Waals surface area contributed by atoms with Crippen molar-refractivity contribution in [1.82, 2.24) is 15.2 Å². The molecular formula is C18H21N3O5. The number of nitrogens with zero attached hydrogens (tertiary/aromatic N) is 1. The number of esters is 1. The summed E-state index contributed by atoms with van der Waals surface area (Å²) >= 11 is 0. The first kappa shape index (κ1) is 19.0. The van der Waals surface area contributed by atoms with Crippen LogP contribution in [0.25, 0.3) is 6.08 Å². The van der Waals surface area contributed by atoms with Crippen LogP contribution < -0.4 is 10.6 Å². The fraction of sp³-hybridized carbons (Fsp3) is 0.278. The van der Waals surface area contributed by atoms with Crippen LogP contribution in [0.15, 0.2) is 35.0 Å². The minimum Gasteiger partial charge on any atom is -0.467 e. The summed E-state index contributed by atoms with van der Waals surface area (Å²) in [4.78, 5) is 34.0. The van der Waals surface area contributed by atoms with E-state index >= 15 is 0 Å². The number of aromatic nitrogens is 1. The van der Waals surface area contributed by atoms with E-state index in [2.05, 4.69) is 9.88 Å². The van der Waals surface area contributed by atoms with Crippen LogP contribution in [0.4, 0.5) is 4.79 Å². The van der Waals surface area contributed by atoms with Crippen LogP contribution in [-0.4, -0.2) is 36.1 Å². The number of nitrogens with one attached hydrogen (secondary N) is 2. The van der Waals surface area contributed by atoms with Gasteiger partial charge in [-0.25, -0.2) is 9.59 Å². The van der Waals surface area contributed by atoms with E-state index in [1.165, 1.54) is 13.1 Å². The average molecular weight is 359 g/mol. The normalized spacial score (nSPS) is 10.7. The number of hydrogen-bond acceptors (Lipinski definition) is 5.